The van der Waals surface area contributed by atoms with Crippen LogP contribution in [0.25, 0.3) is 0 Å². The van der Waals surface area contributed by atoms with Crippen molar-refractivity contribution < 1.29 is 0 Å². The lowest BCUT2D eigenvalue weighted by atomic mass is 10.4. The van der Waals surface area contributed by atoms with Crippen LogP contribution >= 0.6 is 0 Å². The highest BCUT2D eigenvalue weighted by Crippen LogP contribution is 1.79. The highest BCUT2D eigenvalue weighted by Gasteiger charge is 1.57. The number of hydrogen-bond acceptors (Lipinski definition) is 0. The Kier molecular flexibility index (Phi) is 62.6. The predicted octanol–water partition coefficient (Wildman–Crippen LogP) is -0.450. The van der Waals surface area contributed by atoms with Gasteiger partial charge in [-0.1, -0.05) is 36.4 Å². The van der Waals surface area contributed by atoms with E-state index in [-0.39, 0.29) is 19.4 Å². The van der Waals surface area contributed by atoms with Crippen LogP contribution < -0.4 is 0 Å². The predicted molar refractivity (Wildman–Crippen MR) is 67.5 cm³/mol. The van der Waals surface area contributed by atoms with Crippen molar-refractivity contribution in [3.63, 3.8) is 0 Å². The third-order valence-corrected chi connectivity index (χ3v) is 0.667. The zero-order valence-electron chi connectivity index (χ0n) is 5.77. The minimum absolute atomic E-state index is 0. The summed E-state index contributed by atoms with van der Waals surface area (Å²) in [5, 5.41) is 0. The molecule has 0 N–H and O–H groups in total. The van der Waals surface area contributed by atoms with Crippen LogP contribution in [0, 0.1) is 25.7 Å². The minimum Gasteiger partial charge on any atom is -0.124 e. The summed E-state index contributed by atoms with van der Waals surface area (Å²) in [5.41, 5.74) is 0. The Hall–Kier alpha value is -1.38. The second-order valence-corrected chi connectivity index (χ2v) is 1.15. The first-order chi connectivity index (χ1) is 5.00. The average molecular weight is 176 g/mol. The van der Waals surface area contributed by atoms with Crippen molar-refractivity contribution in [1.29, 1.82) is 0 Å². The van der Waals surface area contributed by atoms with Gasteiger partial charge in [-0.15, -0.1) is 25.7 Å². The quantitative estimate of drug-likeness (QED) is 0.371. The molecule has 1 aromatic rings. The Morgan fingerprint density at radius 2 is 0.583 bits per heavy atom. The van der Waals surface area contributed by atoms with Crippen LogP contribution in [0.3, 0.4) is 0 Å². The molecule has 0 fully saturated rings. The Morgan fingerprint density at radius 3 is 0.667 bits per heavy atom. The molecular weight excluding hydrogens is 159 g/mol. The van der Waals surface area contributed by atoms with Gasteiger partial charge in [0.25, 0.3) is 0 Å². The first kappa shape index (κ1) is 22.4. The number of benzene rings is 1. The number of hydrogen-bond donors (Lipinski definition) is 0. The molecule has 0 amide bonds. The molecule has 12 heavy (non-hydrogen) atoms. The van der Waals surface area contributed by atoms with Gasteiger partial charge in [0.1, 0.15) is 0 Å². The largest absolute Gasteiger partial charge is 0.124 e. The Bertz CT molecular complexity index is 134. The molecule has 0 unspecified atom stereocenters. The van der Waals surface area contributed by atoms with Crippen molar-refractivity contribution in [3.05, 3.63) is 36.4 Å². The van der Waals surface area contributed by atoms with Crippen molar-refractivity contribution in [2.24, 2.45) is 0 Å². The third-order valence-electron chi connectivity index (χ3n) is 0.667. The summed E-state index contributed by atoms with van der Waals surface area (Å²) < 4.78 is 0. The summed E-state index contributed by atoms with van der Waals surface area (Å²) >= 11 is 0. The summed E-state index contributed by atoms with van der Waals surface area (Å²) in [7, 11) is 0. The SMILES string of the molecule is B.C#C.C#C.[SiH4].c1ccccc1. The molecule has 0 atom stereocenters. The van der Waals surface area contributed by atoms with Gasteiger partial charge in [-0.3, -0.25) is 0 Å². The van der Waals surface area contributed by atoms with Crippen LogP contribution in [0.1, 0.15) is 0 Å². The standard InChI is InChI=1S/C6H6.2C2H2.BH3.H4Si/c1-2-4-6-5-3-1;2*1-2;;/h1-6H;2*1-2H;1H3;1H4. The smallest absolute Gasteiger partial charge is 0.0814 e. The summed E-state index contributed by atoms with van der Waals surface area (Å²) in [6.45, 7) is 0. The monoisotopic (exact) mass is 176 g/mol. The molecule has 1 rings (SSSR count). The molecule has 64 valence electrons. The Labute approximate surface area is 82.0 Å². The summed E-state index contributed by atoms with van der Waals surface area (Å²) in [4.78, 5) is 0. The third kappa shape index (κ3) is 23.4. The molecule has 0 aliphatic rings. The molecule has 0 radical (unpaired) electrons. The van der Waals surface area contributed by atoms with Crippen LogP contribution in [-0.2, 0) is 0 Å². The van der Waals surface area contributed by atoms with E-state index < -0.39 is 0 Å². The summed E-state index contributed by atoms with van der Waals surface area (Å²) in [5.74, 6) is 0. The minimum atomic E-state index is 0. The molecule has 0 spiro atoms. The highest BCUT2D eigenvalue weighted by molar-refractivity contribution is 5.76. The zero-order chi connectivity index (χ0) is 8.24. The number of rotatable bonds is 0. The van der Waals surface area contributed by atoms with Crippen LogP contribution in [0.2, 0.25) is 0 Å². The van der Waals surface area contributed by atoms with Crippen LogP contribution in [0.15, 0.2) is 36.4 Å². The van der Waals surface area contributed by atoms with Crippen molar-refractivity contribution in [1.82, 2.24) is 0 Å². The van der Waals surface area contributed by atoms with Crippen LogP contribution in [0.5, 0.6) is 0 Å². The molecule has 1 aromatic carbocycles. The van der Waals surface area contributed by atoms with Crippen molar-refractivity contribution in [2.75, 3.05) is 0 Å². The van der Waals surface area contributed by atoms with Gasteiger partial charge in [0, 0.05) is 0 Å². The van der Waals surface area contributed by atoms with E-state index >= 15 is 0 Å². The lowest BCUT2D eigenvalue weighted by molar-refractivity contribution is 1.72. The van der Waals surface area contributed by atoms with Crippen molar-refractivity contribution in [2.45, 2.75) is 0 Å². The Balaban J connectivity index is -0.0000000480. The van der Waals surface area contributed by atoms with E-state index in [0.717, 1.165) is 0 Å². The first-order valence-corrected chi connectivity index (χ1v) is 2.67. The molecular formula is C10H17BSi. The maximum Gasteiger partial charge on any atom is 0.0814 e. The molecule has 0 saturated heterocycles. The van der Waals surface area contributed by atoms with Gasteiger partial charge in [0.05, 0.1) is 8.41 Å². The second-order valence-electron chi connectivity index (χ2n) is 1.15. The molecule has 0 heterocycles. The molecule has 0 aliphatic heterocycles. The van der Waals surface area contributed by atoms with Gasteiger partial charge in [-0.2, -0.15) is 0 Å². The van der Waals surface area contributed by atoms with E-state index in [0.29, 0.717) is 0 Å². The zero-order valence-corrected chi connectivity index (χ0v) is 5.77. The fourth-order valence-corrected chi connectivity index (χ4v) is 0.385. The molecule has 0 nitrogen and oxygen atoms in total. The van der Waals surface area contributed by atoms with Gasteiger partial charge in [0.15, 0.2) is 0 Å². The highest BCUT2D eigenvalue weighted by atomic mass is 28.1. The van der Waals surface area contributed by atoms with Gasteiger partial charge in [-0.25, -0.2) is 0 Å². The summed E-state index contributed by atoms with van der Waals surface area (Å²) in [6, 6.07) is 12.0. The van der Waals surface area contributed by atoms with Gasteiger partial charge >= 0.3 is 0 Å². The number of terminal acetylenes is 2. The first-order valence-electron chi connectivity index (χ1n) is 2.67. The van der Waals surface area contributed by atoms with E-state index in [9.17, 15) is 0 Å². The van der Waals surface area contributed by atoms with E-state index in [2.05, 4.69) is 25.7 Å². The lowest BCUT2D eigenvalue weighted by Gasteiger charge is -1.69. The van der Waals surface area contributed by atoms with E-state index in [1.165, 1.54) is 0 Å². The summed E-state index contributed by atoms with van der Waals surface area (Å²) in [6.07, 6.45) is 16.0. The van der Waals surface area contributed by atoms with Crippen molar-refractivity contribution >= 4 is 19.4 Å². The normalized spacial score (nSPS) is 4.33. The fraction of sp³-hybridized carbons (Fsp3) is 0. The lowest BCUT2D eigenvalue weighted by Crippen LogP contribution is -1.47. The van der Waals surface area contributed by atoms with Gasteiger partial charge in [-0.05, 0) is 11.0 Å². The second kappa shape index (κ2) is 33.5. The molecule has 0 saturated carbocycles. The molecule has 0 bridgehead atoms. The molecule has 0 aromatic heterocycles. The topological polar surface area (TPSA) is 0 Å². The van der Waals surface area contributed by atoms with E-state index in [4.69, 9.17) is 0 Å². The van der Waals surface area contributed by atoms with E-state index in [1.807, 2.05) is 36.4 Å². The maximum atomic E-state index is 4.00. The maximum absolute atomic E-state index is 4.00. The molecule has 2 heteroatoms. The fourth-order valence-electron chi connectivity index (χ4n) is 0.385. The molecule has 0 aliphatic carbocycles. The van der Waals surface area contributed by atoms with E-state index in [1.54, 1.807) is 0 Å². The van der Waals surface area contributed by atoms with Crippen molar-refractivity contribution in [3.8, 4) is 25.7 Å². The van der Waals surface area contributed by atoms with Crippen LogP contribution in [-0.4, -0.2) is 19.4 Å². The Morgan fingerprint density at radius 1 is 0.500 bits per heavy atom. The van der Waals surface area contributed by atoms with Gasteiger partial charge in [0.2, 0.25) is 0 Å². The average Bonchev–Trinajstić information content (AvgIpc) is 2.14. The van der Waals surface area contributed by atoms with Crippen LogP contribution in [0.4, 0.5) is 0 Å². The van der Waals surface area contributed by atoms with Gasteiger partial charge < -0.3 is 0 Å².